The van der Waals surface area contributed by atoms with Crippen molar-refractivity contribution in [1.82, 2.24) is 15.2 Å². The number of halogens is 1. The minimum atomic E-state index is -4.07. The molecule has 136 valence electrons. The van der Waals surface area contributed by atoms with Crippen LogP contribution < -0.4 is 10.5 Å². The van der Waals surface area contributed by atoms with E-state index in [2.05, 4.69) is 10.3 Å². The lowest BCUT2D eigenvalue weighted by molar-refractivity contribution is 0.00195. The number of allylic oxidation sites excluding steroid dienone is 1. The molecule has 0 spiro atoms. The monoisotopic (exact) mass is 386 g/mol. The molecule has 1 unspecified atom stereocenters. The highest BCUT2D eigenvalue weighted by atomic mass is 35.5. The summed E-state index contributed by atoms with van der Waals surface area (Å²) < 4.78 is 35.5. The largest absolute Gasteiger partial charge is 0.378 e. The van der Waals surface area contributed by atoms with Gasteiger partial charge in [0.25, 0.3) is 0 Å². The zero-order valence-corrected chi connectivity index (χ0v) is 15.2. The second-order valence-electron chi connectivity index (χ2n) is 5.62. The van der Waals surface area contributed by atoms with E-state index in [1.807, 2.05) is 4.90 Å². The molecule has 3 N–H and O–H groups in total. The van der Waals surface area contributed by atoms with Crippen molar-refractivity contribution in [2.45, 2.75) is 5.72 Å². The van der Waals surface area contributed by atoms with Crippen LogP contribution >= 0.6 is 11.6 Å². The van der Waals surface area contributed by atoms with Crippen molar-refractivity contribution in [3.8, 4) is 0 Å². The third-order valence-electron chi connectivity index (χ3n) is 4.17. The quantitative estimate of drug-likeness (QED) is 0.725. The first-order valence-electron chi connectivity index (χ1n) is 7.59. The van der Waals surface area contributed by atoms with Gasteiger partial charge in [0, 0.05) is 38.2 Å². The standard InChI is InChI=1S/C15H19ClN4O4S/c1-23-15(11-2-3-18-14(16)8-11)13(25(17,21)22)9-12(10-19-15)20-4-6-24-7-5-20/h2-3,8-10,19H,4-7H2,1H3,(H2,17,21,22). The number of aromatic nitrogens is 1. The zero-order valence-electron chi connectivity index (χ0n) is 13.6. The average Bonchev–Trinajstić information content (AvgIpc) is 2.61. The Labute approximate surface area is 151 Å². The molecule has 8 nitrogen and oxygen atoms in total. The third kappa shape index (κ3) is 3.51. The van der Waals surface area contributed by atoms with Crippen LogP contribution in [-0.2, 0) is 25.2 Å². The summed E-state index contributed by atoms with van der Waals surface area (Å²) in [4.78, 5) is 5.83. The number of nitrogens with two attached hydrogens (primary N) is 1. The Balaban J connectivity index is 2.08. The number of sulfonamides is 1. The number of pyridine rings is 1. The first kappa shape index (κ1) is 18.2. The molecular formula is C15H19ClN4O4S. The van der Waals surface area contributed by atoms with Gasteiger partial charge in [-0.1, -0.05) is 11.6 Å². The van der Waals surface area contributed by atoms with Gasteiger partial charge in [-0.05, 0) is 18.2 Å². The number of morpholine rings is 1. The number of hydrogen-bond donors (Lipinski definition) is 2. The zero-order chi connectivity index (χ0) is 18.1. The van der Waals surface area contributed by atoms with Crippen molar-refractivity contribution in [3.05, 3.63) is 51.9 Å². The summed E-state index contributed by atoms with van der Waals surface area (Å²) in [5.74, 6) is 0. The first-order chi connectivity index (χ1) is 11.9. The first-order valence-corrected chi connectivity index (χ1v) is 9.52. The van der Waals surface area contributed by atoms with Crippen LogP contribution in [0.15, 0.2) is 41.2 Å². The fourth-order valence-electron chi connectivity index (χ4n) is 2.94. The summed E-state index contributed by atoms with van der Waals surface area (Å²) in [5.41, 5.74) is -0.302. The topological polar surface area (TPSA) is 107 Å². The number of nitrogens with zero attached hydrogens (tertiary/aromatic N) is 2. The summed E-state index contributed by atoms with van der Waals surface area (Å²) in [6, 6.07) is 3.15. The second kappa shape index (κ2) is 6.93. The van der Waals surface area contributed by atoms with Gasteiger partial charge in [0.2, 0.25) is 15.7 Å². The van der Waals surface area contributed by atoms with Crippen LogP contribution in [0.25, 0.3) is 0 Å². The van der Waals surface area contributed by atoms with Crippen molar-refractivity contribution in [2.75, 3.05) is 33.4 Å². The summed E-state index contributed by atoms with van der Waals surface area (Å²) >= 11 is 5.96. The Morgan fingerprint density at radius 3 is 2.76 bits per heavy atom. The fraction of sp³-hybridized carbons (Fsp3) is 0.400. The van der Waals surface area contributed by atoms with E-state index in [9.17, 15) is 8.42 Å². The Morgan fingerprint density at radius 2 is 2.16 bits per heavy atom. The molecule has 2 aliphatic rings. The molecule has 1 atom stereocenters. The van der Waals surface area contributed by atoms with E-state index in [1.54, 1.807) is 12.3 Å². The molecule has 25 heavy (non-hydrogen) atoms. The van der Waals surface area contributed by atoms with Gasteiger partial charge < -0.3 is 19.7 Å². The number of ether oxygens (including phenoxy) is 2. The summed E-state index contributed by atoms with van der Waals surface area (Å²) in [6.45, 7) is 2.46. The van der Waals surface area contributed by atoms with E-state index >= 15 is 0 Å². The second-order valence-corrected chi connectivity index (χ2v) is 7.54. The molecule has 0 amide bonds. The number of hydrogen-bond acceptors (Lipinski definition) is 7. The van der Waals surface area contributed by atoms with Crippen LogP contribution in [0.5, 0.6) is 0 Å². The smallest absolute Gasteiger partial charge is 0.239 e. The molecule has 0 aromatic carbocycles. The Kier molecular flexibility index (Phi) is 5.03. The summed E-state index contributed by atoms with van der Waals surface area (Å²) in [6.07, 6.45) is 4.70. The molecule has 1 aromatic rings. The Morgan fingerprint density at radius 1 is 1.44 bits per heavy atom. The van der Waals surface area contributed by atoms with Gasteiger partial charge in [-0.2, -0.15) is 0 Å². The van der Waals surface area contributed by atoms with Crippen LogP contribution in [0.3, 0.4) is 0 Å². The highest BCUT2D eigenvalue weighted by Gasteiger charge is 2.44. The highest BCUT2D eigenvalue weighted by molar-refractivity contribution is 7.93. The molecule has 1 aromatic heterocycles. The van der Waals surface area contributed by atoms with Gasteiger partial charge in [0.05, 0.1) is 18.9 Å². The minimum absolute atomic E-state index is 0.103. The summed E-state index contributed by atoms with van der Waals surface area (Å²) in [5, 5.41) is 8.76. The molecule has 1 saturated heterocycles. The summed E-state index contributed by atoms with van der Waals surface area (Å²) in [7, 11) is -2.67. The van der Waals surface area contributed by atoms with Gasteiger partial charge in [-0.25, -0.2) is 18.5 Å². The van der Waals surface area contributed by atoms with E-state index in [1.165, 1.54) is 25.4 Å². The predicted octanol–water partition coefficient (Wildman–Crippen LogP) is 0.483. The number of methoxy groups -OCH3 is 1. The molecule has 0 radical (unpaired) electrons. The lowest BCUT2D eigenvalue weighted by Crippen LogP contribution is -2.50. The number of primary sulfonamides is 1. The van der Waals surface area contributed by atoms with Crippen molar-refractivity contribution >= 4 is 21.6 Å². The van der Waals surface area contributed by atoms with E-state index in [0.717, 1.165) is 0 Å². The maximum Gasteiger partial charge on any atom is 0.239 e. The van der Waals surface area contributed by atoms with Crippen molar-refractivity contribution in [3.63, 3.8) is 0 Å². The van der Waals surface area contributed by atoms with Gasteiger partial charge in [0.1, 0.15) is 10.1 Å². The van der Waals surface area contributed by atoms with Gasteiger partial charge in [-0.15, -0.1) is 0 Å². The molecular weight excluding hydrogens is 368 g/mol. The lowest BCUT2D eigenvalue weighted by Gasteiger charge is -2.39. The maximum atomic E-state index is 12.3. The van der Waals surface area contributed by atoms with Crippen LogP contribution in [0, 0.1) is 0 Å². The van der Waals surface area contributed by atoms with Crippen LogP contribution in [0.2, 0.25) is 5.15 Å². The third-order valence-corrected chi connectivity index (χ3v) is 5.40. The number of rotatable bonds is 4. The number of dihydropyridines is 1. The van der Waals surface area contributed by atoms with E-state index < -0.39 is 15.7 Å². The normalized spacial score (nSPS) is 24.4. The average molecular weight is 387 g/mol. The molecule has 0 bridgehead atoms. The molecule has 3 heterocycles. The Hall–Kier alpha value is -1.65. The van der Waals surface area contributed by atoms with E-state index in [0.29, 0.717) is 37.6 Å². The minimum Gasteiger partial charge on any atom is -0.378 e. The SMILES string of the molecule is COC1(c2ccnc(Cl)c2)NC=C(N2CCOCC2)C=C1S(N)(=O)=O. The Bertz CT molecular complexity index is 821. The van der Waals surface area contributed by atoms with Crippen LogP contribution in [0.4, 0.5) is 0 Å². The van der Waals surface area contributed by atoms with Gasteiger partial charge in [0.15, 0.2) is 0 Å². The molecule has 0 aliphatic carbocycles. The molecule has 0 saturated carbocycles. The lowest BCUT2D eigenvalue weighted by atomic mass is 10.00. The van der Waals surface area contributed by atoms with Crippen LogP contribution in [-0.4, -0.2) is 51.7 Å². The molecule has 3 rings (SSSR count). The van der Waals surface area contributed by atoms with Crippen LogP contribution in [0.1, 0.15) is 5.56 Å². The van der Waals surface area contributed by atoms with Gasteiger partial charge >= 0.3 is 0 Å². The maximum absolute atomic E-state index is 12.3. The molecule has 2 aliphatic heterocycles. The molecule has 1 fully saturated rings. The van der Waals surface area contributed by atoms with Crippen molar-refractivity contribution in [2.24, 2.45) is 5.14 Å². The predicted molar refractivity (Wildman–Crippen MR) is 92.7 cm³/mol. The molecule has 10 heteroatoms. The van der Waals surface area contributed by atoms with Crippen molar-refractivity contribution < 1.29 is 17.9 Å². The fourth-order valence-corrected chi connectivity index (χ4v) is 4.06. The van der Waals surface area contributed by atoms with E-state index in [4.69, 9.17) is 26.2 Å². The van der Waals surface area contributed by atoms with E-state index in [-0.39, 0.29) is 10.1 Å². The number of nitrogens with one attached hydrogen (secondary N) is 1. The highest BCUT2D eigenvalue weighted by Crippen LogP contribution is 2.37. The van der Waals surface area contributed by atoms with Gasteiger partial charge in [-0.3, -0.25) is 0 Å². The van der Waals surface area contributed by atoms with Crippen molar-refractivity contribution in [1.29, 1.82) is 0 Å².